The van der Waals surface area contributed by atoms with E-state index in [9.17, 15) is 0 Å². The predicted octanol–water partition coefficient (Wildman–Crippen LogP) is 3.50. The lowest BCUT2D eigenvalue weighted by Gasteiger charge is -2.34. The second kappa shape index (κ2) is 4.89. The number of rotatable bonds is 4. The van der Waals surface area contributed by atoms with Gasteiger partial charge in [0.05, 0.1) is 0 Å². The van der Waals surface area contributed by atoms with E-state index in [0.29, 0.717) is 5.54 Å². The van der Waals surface area contributed by atoms with E-state index in [1.165, 1.54) is 63.1 Å². The third kappa shape index (κ3) is 2.11. The molecule has 0 unspecified atom stereocenters. The summed E-state index contributed by atoms with van der Waals surface area (Å²) >= 11 is 2.16. The predicted molar refractivity (Wildman–Crippen MR) is 64.8 cm³/mol. The Labute approximate surface area is 92.6 Å². The van der Waals surface area contributed by atoms with Gasteiger partial charge >= 0.3 is 0 Å². The average Bonchev–Trinajstić information content (AvgIpc) is 2.80. The summed E-state index contributed by atoms with van der Waals surface area (Å²) in [7, 11) is 0. The molecule has 0 N–H and O–H groups in total. The third-order valence-electron chi connectivity index (χ3n) is 3.85. The number of unbranched alkanes of at least 4 members (excludes halogenated alkanes) is 2. The minimum atomic E-state index is 0.651. The Morgan fingerprint density at radius 3 is 2.71 bits per heavy atom. The fourth-order valence-electron chi connectivity index (χ4n) is 2.92. The molecule has 0 bridgehead atoms. The van der Waals surface area contributed by atoms with E-state index in [1.807, 2.05) is 0 Å². The first-order valence-electron chi connectivity index (χ1n) is 6.20. The fraction of sp³-hybridized carbons (Fsp3) is 1.00. The van der Waals surface area contributed by atoms with Gasteiger partial charge in [-0.2, -0.15) is 0 Å². The van der Waals surface area contributed by atoms with E-state index in [0.717, 1.165) is 0 Å². The normalized spacial score (nSPS) is 26.4. The van der Waals surface area contributed by atoms with Gasteiger partial charge in [-0.05, 0) is 25.8 Å². The zero-order valence-electron chi connectivity index (χ0n) is 9.43. The van der Waals surface area contributed by atoms with Crippen LogP contribution in [-0.4, -0.2) is 28.6 Å². The van der Waals surface area contributed by atoms with E-state index in [-0.39, 0.29) is 0 Å². The maximum Gasteiger partial charge on any atom is 0.0450 e. The van der Waals surface area contributed by atoms with Gasteiger partial charge in [-0.15, -0.1) is 11.8 Å². The summed E-state index contributed by atoms with van der Waals surface area (Å²) < 4.78 is 0. The SMILES string of the molecule is CCCCCN1CSCC12CCCC2. The lowest BCUT2D eigenvalue weighted by molar-refractivity contribution is 0.151. The van der Waals surface area contributed by atoms with Gasteiger partial charge in [0.2, 0.25) is 0 Å². The molecule has 1 aliphatic heterocycles. The Morgan fingerprint density at radius 2 is 2.00 bits per heavy atom. The summed E-state index contributed by atoms with van der Waals surface area (Å²) in [4.78, 5) is 2.79. The maximum absolute atomic E-state index is 2.79. The number of thioether (sulfide) groups is 1. The van der Waals surface area contributed by atoms with Crippen molar-refractivity contribution in [1.29, 1.82) is 0 Å². The average molecular weight is 213 g/mol. The van der Waals surface area contributed by atoms with Crippen molar-refractivity contribution in [3.63, 3.8) is 0 Å². The van der Waals surface area contributed by atoms with Crippen LogP contribution < -0.4 is 0 Å². The lowest BCUT2D eigenvalue weighted by atomic mass is 9.98. The van der Waals surface area contributed by atoms with Crippen LogP contribution in [0.3, 0.4) is 0 Å². The van der Waals surface area contributed by atoms with Crippen molar-refractivity contribution in [2.75, 3.05) is 18.2 Å². The zero-order valence-corrected chi connectivity index (χ0v) is 10.2. The first-order chi connectivity index (χ1) is 6.87. The van der Waals surface area contributed by atoms with Gasteiger partial charge < -0.3 is 0 Å². The maximum atomic E-state index is 2.79. The molecule has 0 amide bonds. The fourth-order valence-corrected chi connectivity index (χ4v) is 4.49. The van der Waals surface area contributed by atoms with Gasteiger partial charge in [0.25, 0.3) is 0 Å². The second-order valence-electron chi connectivity index (χ2n) is 4.88. The molecule has 0 radical (unpaired) electrons. The van der Waals surface area contributed by atoms with E-state index in [2.05, 4.69) is 23.6 Å². The number of hydrogen-bond donors (Lipinski definition) is 0. The Morgan fingerprint density at radius 1 is 1.21 bits per heavy atom. The molecule has 1 aliphatic carbocycles. The van der Waals surface area contributed by atoms with Crippen molar-refractivity contribution in [3.8, 4) is 0 Å². The van der Waals surface area contributed by atoms with E-state index < -0.39 is 0 Å². The Hall–Kier alpha value is 0.310. The molecule has 1 saturated heterocycles. The van der Waals surface area contributed by atoms with E-state index >= 15 is 0 Å². The van der Waals surface area contributed by atoms with Crippen LogP contribution in [0.2, 0.25) is 0 Å². The second-order valence-corrected chi connectivity index (χ2v) is 5.83. The highest BCUT2D eigenvalue weighted by Crippen LogP contribution is 2.43. The number of nitrogens with zero attached hydrogens (tertiary/aromatic N) is 1. The Kier molecular flexibility index (Phi) is 3.78. The topological polar surface area (TPSA) is 3.24 Å². The highest BCUT2D eigenvalue weighted by molar-refractivity contribution is 7.99. The van der Waals surface area contributed by atoms with Gasteiger partial charge in [-0.3, -0.25) is 4.90 Å². The Balaban J connectivity index is 1.84. The van der Waals surface area contributed by atoms with Crippen LogP contribution in [0.25, 0.3) is 0 Å². The molecule has 82 valence electrons. The highest BCUT2D eigenvalue weighted by atomic mass is 32.2. The summed E-state index contributed by atoms with van der Waals surface area (Å²) in [6, 6.07) is 0. The van der Waals surface area contributed by atoms with Gasteiger partial charge in [0, 0.05) is 17.2 Å². The molecule has 0 atom stereocenters. The Bertz CT molecular complexity index is 170. The van der Waals surface area contributed by atoms with Crippen LogP contribution in [0, 0.1) is 0 Å². The molecule has 0 aromatic carbocycles. The van der Waals surface area contributed by atoms with Crippen molar-refractivity contribution < 1.29 is 0 Å². The standard InChI is InChI=1S/C12H23NS/c1-2-3-6-9-13-11-14-10-12(13)7-4-5-8-12/h2-11H2,1H3. The van der Waals surface area contributed by atoms with Gasteiger partial charge in [0.1, 0.15) is 0 Å². The van der Waals surface area contributed by atoms with Crippen molar-refractivity contribution in [2.45, 2.75) is 57.4 Å². The van der Waals surface area contributed by atoms with E-state index in [1.54, 1.807) is 0 Å². The molecule has 0 aromatic rings. The third-order valence-corrected chi connectivity index (χ3v) is 5.09. The number of hydrogen-bond acceptors (Lipinski definition) is 2. The molecule has 2 fully saturated rings. The first kappa shape index (κ1) is 10.8. The van der Waals surface area contributed by atoms with Crippen molar-refractivity contribution in [3.05, 3.63) is 0 Å². The van der Waals surface area contributed by atoms with Crippen LogP contribution in [0.15, 0.2) is 0 Å². The van der Waals surface area contributed by atoms with Crippen LogP contribution in [-0.2, 0) is 0 Å². The highest BCUT2D eigenvalue weighted by Gasteiger charge is 2.42. The lowest BCUT2D eigenvalue weighted by Crippen LogP contribution is -2.43. The summed E-state index contributed by atoms with van der Waals surface area (Å²) in [5.41, 5.74) is 0.651. The minimum absolute atomic E-state index is 0.651. The van der Waals surface area contributed by atoms with Crippen LogP contribution >= 0.6 is 11.8 Å². The van der Waals surface area contributed by atoms with Gasteiger partial charge in [-0.1, -0.05) is 32.6 Å². The summed E-state index contributed by atoms with van der Waals surface area (Å²) in [6.07, 6.45) is 10.1. The van der Waals surface area contributed by atoms with Crippen LogP contribution in [0.4, 0.5) is 0 Å². The van der Waals surface area contributed by atoms with Gasteiger partial charge in [0.15, 0.2) is 0 Å². The molecule has 2 aliphatic rings. The van der Waals surface area contributed by atoms with Crippen LogP contribution in [0.1, 0.15) is 51.9 Å². The minimum Gasteiger partial charge on any atom is -0.288 e. The molecule has 1 nitrogen and oxygen atoms in total. The summed E-state index contributed by atoms with van der Waals surface area (Å²) in [5, 5.41) is 0. The van der Waals surface area contributed by atoms with Crippen molar-refractivity contribution >= 4 is 11.8 Å². The molecule has 1 saturated carbocycles. The molecule has 1 spiro atoms. The molecular formula is C12H23NS. The van der Waals surface area contributed by atoms with Crippen LogP contribution in [0.5, 0.6) is 0 Å². The monoisotopic (exact) mass is 213 g/mol. The van der Waals surface area contributed by atoms with Crippen molar-refractivity contribution in [2.24, 2.45) is 0 Å². The first-order valence-corrected chi connectivity index (χ1v) is 7.36. The molecule has 1 heterocycles. The smallest absolute Gasteiger partial charge is 0.0450 e. The molecule has 2 rings (SSSR count). The molecular weight excluding hydrogens is 190 g/mol. The summed E-state index contributed by atoms with van der Waals surface area (Å²) in [6.45, 7) is 3.66. The zero-order chi connectivity index (χ0) is 9.86. The summed E-state index contributed by atoms with van der Waals surface area (Å²) in [5.74, 6) is 2.73. The van der Waals surface area contributed by atoms with Crippen molar-refractivity contribution in [1.82, 2.24) is 4.90 Å². The quantitative estimate of drug-likeness (QED) is 0.658. The van der Waals surface area contributed by atoms with E-state index in [4.69, 9.17) is 0 Å². The van der Waals surface area contributed by atoms with Gasteiger partial charge in [-0.25, -0.2) is 0 Å². The molecule has 0 aromatic heterocycles. The molecule has 14 heavy (non-hydrogen) atoms. The molecule has 2 heteroatoms. The largest absolute Gasteiger partial charge is 0.288 e.